The Morgan fingerprint density at radius 1 is 0.903 bits per heavy atom. The van der Waals surface area contributed by atoms with E-state index in [0.717, 1.165) is 17.5 Å². The van der Waals surface area contributed by atoms with Gasteiger partial charge in [0.2, 0.25) is 0 Å². The van der Waals surface area contributed by atoms with E-state index in [1.165, 1.54) is 30.5 Å². The van der Waals surface area contributed by atoms with Crippen LogP contribution in [0.15, 0.2) is 79.1 Å². The summed E-state index contributed by atoms with van der Waals surface area (Å²) >= 11 is 0. The number of amides is 1. The fourth-order valence-corrected chi connectivity index (χ4v) is 3.21. The molecule has 0 saturated carbocycles. The molecular weight excluding hydrogens is 410 g/mol. The van der Waals surface area contributed by atoms with Gasteiger partial charge in [0.1, 0.15) is 11.5 Å². The van der Waals surface area contributed by atoms with E-state index in [4.69, 9.17) is 0 Å². The van der Waals surface area contributed by atoms with Crippen molar-refractivity contribution in [1.29, 1.82) is 0 Å². The van der Waals surface area contributed by atoms with E-state index in [-0.39, 0.29) is 16.8 Å². The molecule has 2 aromatic carbocycles. The Hall–Kier alpha value is -3.81. The molecule has 0 spiro atoms. The Labute approximate surface area is 174 Å². The maximum absolute atomic E-state index is 14.5. The summed E-state index contributed by atoms with van der Waals surface area (Å²) in [6.45, 7) is 0. The Bertz CT molecular complexity index is 1240. The SMILES string of the molecule is O=C(NC(c1ccc(C(F)(F)F)cc1)c1ncccc1F)c1ccc2cccnc2c1. The van der Waals surface area contributed by atoms with Gasteiger partial charge in [-0.2, -0.15) is 13.2 Å². The summed E-state index contributed by atoms with van der Waals surface area (Å²) in [5.74, 6) is -1.23. The van der Waals surface area contributed by atoms with Crippen LogP contribution >= 0.6 is 0 Å². The lowest BCUT2D eigenvalue weighted by atomic mass is 10.00. The third-order valence-corrected chi connectivity index (χ3v) is 4.78. The van der Waals surface area contributed by atoms with Crippen LogP contribution in [0.3, 0.4) is 0 Å². The van der Waals surface area contributed by atoms with Crippen molar-refractivity contribution in [1.82, 2.24) is 15.3 Å². The molecule has 0 radical (unpaired) electrons. The van der Waals surface area contributed by atoms with E-state index in [1.54, 1.807) is 30.5 Å². The lowest BCUT2D eigenvalue weighted by Crippen LogP contribution is -2.30. The van der Waals surface area contributed by atoms with Gasteiger partial charge in [-0.15, -0.1) is 0 Å². The number of carbonyl (C=O) groups excluding carboxylic acids is 1. The summed E-state index contributed by atoms with van der Waals surface area (Å²) < 4.78 is 53.2. The molecule has 1 atom stereocenters. The fraction of sp³-hybridized carbons (Fsp3) is 0.0870. The highest BCUT2D eigenvalue weighted by molar-refractivity contribution is 5.98. The first-order chi connectivity index (χ1) is 14.8. The average Bonchev–Trinajstić information content (AvgIpc) is 2.77. The van der Waals surface area contributed by atoms with Crippen LogP contribution in [0, 0.1) is 5.82 Å². The molecule has 156 valence electrons. The molecule has 1 amide bonds. The van der Waals surface area contributed by atoms with Crippen molar-refractivity contribution in [3.8, 4) is 0 Å². The second-order valence-corrected chi connectivity index (χ2v) is 6.81. The summed E-state index contributed by atoms with van der Waals surface area (Å²) in [5, 5.41) is 3.52. The van der Waals surface area contributed by atoms with Gasteiger partial charge in [-0.05, 0) is 48.0 Å². The van der Waals surface area contributed by atoms with Crippen molar-refractivity contribution in [3.05, 3.63) is 107 Å². The van der Waals surface area contributed by atoms with Gasteiger partial charge in [-0.3, -0.25) is 14.8 Å². The van der Waals surface area contributed by atoms with Crippen LogP contribution in [-0.2, 0) is 6.18 Å². The third-order valence-electron chi connectivity index (χ3n) is 4.78. The number of rotatable bonds is 4. The zero-order chi connectivity index (χ0) is 22.0. The lowest BCUT2D eigenvalue weighted by molar-refractivity contribution is -0.137. The lowest BCUT2D eigenvalue weighted by Gasteiger charge is -2.20. The highest BCUT2D eigenvalue weighted by Gasteiger charge is 2.31. The third kappa shape index (κ3) is 4.37. The molecule has 4 aromatic rings. The van der Waals surface area contributed by atoms with Crippen molar-refractivity contribution < 1.29 is 22.4 Å². The molecular formula is C23H15F4N3O. The van der Waals surface area contributed by atoms with E-state index < -0.39 is 29.5 Å². The molecule has 31 heavy (non-hydrogen) atoms. The van der Waals surface area contributed by atoms with E-state index >= 15 is 0 Å². The van der Waals surface area contributed by atoms with Crippen molar-refractivity contribution in [2.45, 2.75) is 12.2 Å². The Balaban J connectivity index is 1.70. The van der Waals surface area contributed by atoms with E-state index in [9.17, 15) is 22.4 Å². The maximum atomic E-state index is 14.5. The molecule has 0 bridgehead atoms. The number of hydrogen-bond donors (Lipinski definition) is 1. The molecule has 0 saturated heterocycles. The van der Waals surface area contributed by atoms with Crippen LogP contribution in [0.4, 0.5) is 17.6 Å². The Kier molecular flexibility index (Phi) is 5.37. The largest absolute Gasteiger partial charge is 0.416 e. The van der Waals surface area contributed by atoms with E-state index in [2.05, 4.69) is 15.3 Å². The van der Waals surface area contributed by atoms with Gasteiger partial charge < -0.3 is 5.32 Å². The van der Waals surface area contributed by atoms with Gasteiger partial charge >= 0.3 is 6.18 Å². The first-order valence-corrected chi connectivity index (χ1v) is 9.26. The number of carbonyl (C=O) groups is 1. The minimum Gasteiger partial charge on any atom is -0.339 e. The molecule has 4 nitrogen and oxygen atoms in total. The Morgan fingerprint density at radius 3 is 2.32 bits per heavy atom. The number of halogens is 4. The fourth-order valence-electron chi connectivity index (χ4n) is 3.21. The molecule has 1 N–H and O–H groups in total. The second-order valence-electron chi connectivity index (χ2n) is 6.81. The predicted octanol–water partition coefficient (Wildman–Crippen LogP) is 5.31. The number of nitrogens with zero attached hydrogens (tertiary/aromatic N) is 2. The first kappa shape index (κ1) is 20.5. The molecule has 8 heteroatoms. The maximum Gasteiger partial charge on any atom is 0.416 e. The van der Waals surface area contributed by atoms with Crippen LogP contribution in [0.5, 0.6) is 0 Å². The highest BCUT2D eigenvalue weighted by atomic mass is 19.4. The Morgan fingerprint density at radius 2 is 1.61 bits per heavy atom. The zero-order valence-electron chi connectivity index (χ0n) is 15.9. The van der Waals surface area contributed by atoms with Crippen LogP contribution in [0.2, 0.25) is 0 Å². The summed E-state index contributed by atoms with van der Waals surface area (Å²) in [6.07, 6.45) is -1.56. The van der Waals surface area contributed by atoms with Gasteiger partial charge in [0.25, 0.3) is 5.91 Å². The summed E-state index contributed by atoms with van der Waals surface area (Å²) in [7, 11) is 0. The normalized spacial score (nSPS) is 12.5. The number of benzene rings is 2. The smallest absolute Gasteiger partial charge is 0.339 e. The number of nitrogens with one attached hydrogen (secondary N) is 1. The second kappa shape index (κ2) is 8.14. The summed E-state index contributed by atoms with van der Waals surface area (Å²) in [4.78, 5) is 21.1. The summed E-state index contributed by atoms with van der Waals surface area (Å²) in [5.41, 5.74) is 0.195. The number of alkyl halides is 3. The number of aromatic nitrogens is 2. The molecule has 0 aliphatic rings. The quantitative estimate of drug-likeness (QED) is 0.451. The molecule has 2 heterocycles. The number of hydrogen-bond acceptors (Lipinski definition) is 3. The number of pyridine rings is 2. The van der Waals surface area contributed by atoms with Crippen LogP contribution in [-0.4, -0.2) is 15.9 Å². The molecule has 0 aliphatic carbocycles. The van der Waals surface area contributed by atoms with E-state index in [1.807, 2.05) is 6.07 Å². The van der Waals surface area contributed by atoms with Crippen molar-refractivity contribution in [3.63, 3.8) is 0 Å². The summed E-state index contributed by atoms with van der Waals surface area (Å²) in [6, 6.07) is 14.2. The standard InChI is InChI=1S/C23H15F4N3O/c24-18-4-2-12-29-21(18)20(15-7-9-17(10-8-15)23(25,26)27)30-22(31)16-6-5-14-3-1-11-28-19(14)13-16/h1-13,20H,(H,30,31). The minimum absolute atomic E-state index is 0.102. The topological polar surface area (TPSA) is 54.9 Å². The first-order valence-electron chi connectivity index (χ1n) is 9.26. The monoisotopic (exact) mass is 425 g/mol. The van der Waals surface area contributed by atoms with Crippen LogP contribution < -0.4 is 5.32 Å². The molecule has 0 aliphatic heterocycles. The van der Waals surface area contributed by atoms with Gasteiger partial charge in [-0.25, -0.2) is 4.39 Å². The van der Waals surface area contributed by atoms with Crippen LogP contribution in [0.25, 0.3) is 10.9 Å². The van der Waals surface area contributed by atoms with Gasteiger partial charge in [-0.1, -0.05) is 24.3 Å². The van der Waals surface area contributed by atoms with Crippen LogP contribution in [0.1, 0.15) is 33.2 Å². The predicted molar refractivity (Wildman–Crippen MR) is 107 cm³/mol. The minimum atomic E-state index is -4.51. The zero-order valence-corrected chi connectivity index (χ0v) is 15.9. The van der Waals surface area contributed by atoms with Gasteiger partial charge in [0.15, 0.2) is 0 Å². The molecule has 4 rings (SSSR count). The van der Waals surface area contributed by atoms with Crippen molar-refractivity contribution in [2.24, 2.45) is 0 Å². The highest BCUT2D eigenvalue weighted by Crippen LogP contribution is 2.31. The van der Waals surface area contributed by atoms with Gasteiger partial charge in [0, 0.05) is 23.3 Å². The molecule has 1 unspecified atom stereocenters. The van der Waals surface area contributed by atoms with E-state index in [0.29, 0.717) is 5.52 Å². The van der Waals surface area contributed by atoms with Crippen molar-refractivity contribution >= 4 is 16.8 Å². The van der Waals surface area contributed by atoms with Gasteiger partial charge in [0.05, 0.1) is 17.1 Å². The number of fused-ring (bicyclic) bond motifs is 1. The average molecular weight is 425 g/mol. The molecule has 0 fully saturated rings. The molecule has 2 aromatic heterocycles. The van der Waals surface area contributed by atoms with Crippen molar-refractivity contribution in [2.75, 3.05) is 0 Å².